The summed E-state index contributed by atoms with van der Waals surface area (Å²) in [5, 5.41) is 3.40. The van der Waals surface area contributed by atoms with Gasteiger partial charge in [0.25, 0.3) is 0 Å². The highest BCUT2D eigenvalue weighted by Crippen LogP contribution is 2.25. The van der Waals surface area contributed by atoms with Crippen LogP contribution < -0.4 is 11.1 Å². The van der Waals surface area contributed by atoms with E-state index >= 15 is 0 Å². The predicted octanol–water partition coefficient (Wildman–Crippen LogP) is 2.06. The van der Waals surface area contributed by atoms with Gasteiger partial charge in [0.2, 0.25) is 5.91 Å². The van der Waals surface area contributed by atoms with Crippen LogP contribution in [0, 0.1) is 0 Å². The zero-order valence-corrected chi connectivity index (χ0v) is 13.3. The third kappa shape index (κ3) is 5.26. The van der Waals surface area contributed by atoms with E-state index in [1.54, 1.807) is 0 Å². The van der Waals surface area contributed by atoms with Crippen LogP contribution in [0.25, 0.3) is 0 Å². The van der Waals surface area contributed by atoms with E-state index in [0.29, 0.717) is 12.1 Å². The third-order valence-electron chi connectivity index (χ3n) is 4.19. The van der Waals surface area contributed by atoms with Crippen molar-refractivity contribution in [2.24, 2.45) is 5.73 Å². The Balaban J connectivity index is 1.54. The zero-order chi connectivity index (χ0) is 14.4. The molecule has 1 heterocycles. The number of amides is 1. The first kappa shape index (κ1) is 16.1. The molecule has 3 N–H and O–H groups in total. The molecule has 0 bridgehead atoms. The highest BCUT2D eigenvalue weighted by Gasteiger charge is 2.36. The second-order valence-electron chi connectivity index (χ2n) is 6.28. The molecule has 4 nitrogen and oxygen atoms in total. The smallest absolute Gasteiger partial charge is 0.237 e. The van der Waals surface area contributed by atoms with Crippen LogP contribution in [0.3, 0.4) is 0 Å². The summed E-state index contributed by atoms with van der Waals surface area (Å²) in [6.07, 6.45) is 8.32. The lowest BCUT2D eigenvalue weighted by atomic mass is 9.94. The Kier molecular flexibility index (Phi) is 6.18. The molecule has 0 aromatic rings. The van der Waals surface area contributed by atoms with Gasteiger partial charge in [0.1, 0.15) is 0 Å². The van der Waals surface area contributed by atoms with Crippen molar-refractivity contribution >= 4 is 17.7 Å². The summed E-state index contributed by atoms with van der Waals surface area (Å²) in [5.74, 6) is 2.06. The van der Waals surface area contributed by atoms with E-state index in [1.807, 2.05) is 18.7 Å². The molecule has 1 saturated carbocycles. The van der Waals surface area contributed by atoms with E-state index in [-0.39, 0.29) is 5.91 Å². The van der Waals surface area contributed by atoms with E-state index in [9.17, 15) is 4.79 Å². The summed E-state index contributed by atoms with van der Waals surface area (Å²) in [7, 11) is 0. The molecular formula is C15H28N2O2S. The van der Waals surface area contributed by atoms with Crippen molar-refractivity contribution in [3.8, 4) is 0 Å². The number of nitrogens with one attached hydrogen (secondary N) is 1. The quantitative estimate of drug-likeness (QED) is 0.606. The number of unbranched alkanes of at least 4 members (excludes halogenated alkanes) is 1. The van der Waals surface area contributed by atoms with Gasteiger partial charge in [-0.25, -0.2) is 0 Å². The SMILES string of the molecule is CC(CCCCSCC1CCCO1)(NC1CC1)C(N)=O. The second kappa shape index (κ2) is 7.66. The number of nitrogens with two attached hydrogens (primary N) is 1. The Labute approximate surface area is 126 Å². The molecule has 2 atom stereocenters. The number of hydrogen-bond acceptors (Lipinski definition) is 4. The first-order chi connectivity index (χ1) is 9.60. The average Bonchev–Trinajstić information content (AvgIpc) is 3.05. The van der Waals surface area contributed by atoms with E-state index < -0.39 is 5.54 Å². The van der Waals surface area contributed by atoms with Crippen molar-refractivity contribution in [2.45, 2.75) is 69.6 Å². The molecule has 20 heavy (non-hydrogen) atoms. The molecule has 2 aliphatic rings. The van der Waals surface area contributed by atoms with Crippen LogP contribution in [0.5, 0.6) is 0 Å². The van der Waals surface area contributed by atoms with Gasteiger partial charge in [-0.3, -0.25) is 4.79 Å². The van der Waals surface area contributed by atoms with Crippen LogP contribution in [0.2, 0.25) is 0 Å². The fourth-order valence-electron chi connectivity index (χ4n) is 2.62. The van der Waals surface area contributed by atoms with E-state index in [0.717, 1.165) is 37.4 Å². The maximum absolute atomic E-state index is 11.6. The lowest BCUT2D eigenvalue weighted by Gasteiger charge is -2.27. The summed E-state index contributed by atoms with van der Waals surface area (Å²) >= 11 is 1.97. The Bertz CT molecular complexity index is 317. The minimum atomic E-state index is -0.513. The summed E-state index contributed by atoms with van der Waals surface area (Å²) < 4.78 is 5.60. The largest absolute Gasteiger partial charge is 0.377 e. The Morgan fingerprint density at radius 2 is 2.20 bits per heavy atom. The normalized spacial score (nSPS) is 25.6. The number of rotatable bonds is 10. The molecule has 0 radical (unpaired) electrons. The lowest BCUT2D eigenvalue weighted by molar-refractivity contribution is -0.124. The second-order valence-corrected chi connectivity index (χ2v) is 7.43. The third-order valence-corrected chi connectivity index (χ3v) is 5.37. The number of carbonyl (C=O) groups excluding carboxylic acids is 1. The highest BCUT2D eigenvalue weighted by molar-refractivity contribution is 7.99. The molecule has 0 aromatic heterocycles. The van der Waals surface area contributed by atoms with Crippen LogP contribution in [0.4, 0.5) is 0 Å². The summed E-state index contributed by atoms with van der Waals surface area (Å²) in [4.78, 5) is 11.6. The predicted molar refractivity (Wildman–Crippen MR) is 83.9 cm³/mol. The van der Waals surface area contributed by atoms with Crippen LogP contribution >= 0.6 is 11.8 Å². The number of hydrogen-bond donors (Lipinski definition) is 2. The topological polar surface area (TPSA) is 64.3 Å². The fourth-order valence-corrected chi connectivity index (χ4v) is 3.72. The molecule has 1 saturated heterocycles. The van der Waals surface area contributed by atoms with Gasteiger partial charge in [0.05, 0.1) is 11.6 Å². The molecule has 2 rings (SSSR count). The van der Waals surface area contributed by atoms with Gasteiger partial charge in [0, 0.05) is 18.4 Å². The summed E-state index contributed by atoms with van der Waals surface area (Å²) in [6.45, 7) is 2.89. The Morgan fingerprint density at radius 3 is 2.80 bits per heavy atom. The van der Waals surface area contributed by atoms with Crippen molar-refractivity contribution in [3.63, 3.8) is 0 Å². The fraction of sp³-hybridized carbons (Fsp3) is 0.933. The first-order valence-electron chi connectivity index (χ1n) is 7.87. The molecule has 2 unspecified atom stereocenters. The van der Waals surface area contributed by atoms with E-state index in [1.165, 1.54) is 25.7 Å². The van der Waals surface area contributed by atoms with Gasteiger partial charge in [-0.15, -0.1) is 0 Å². The van der Waals surface area contributed by atoms with Gasteiger partial charge < -0.3 is 15.8 Å². The van der Waals surface area contributed by atoms with E-state index in [4.69, 9.17) is 10.5 Å². The Hall–Kier alpha value is -0.260. The highest BCUT2D eigenvalue weighted by atomic mass is 32.2. The lowest BCUT2D eigenvalue weighted by Crippen LogP contribution is -2.53. The minimum absolute atomic E-state index is 0.212. The van der Waals surface area contributed by atoms with Gasteiger partial charge in [0.15, 0.2) is 0 Å². The van der Waals surface area contributed by atoms with Crippen LogP contribution in [-0.2, 0) is 9.53 Å². The van der Waals surface area contributed by atoms with Gasteiger partial charge in [-0.05, 0) is 51.2 Å². The van der Waals surface area contributed by atoms with Gasteiger partial charge in [-0.2, -0.15) is 11.8 Å². The maximum Gasteiger partial charge on any atom is 0.237 e. The van der Waals surface area contributed by atoms with Crippen molar-refractivity contribution < 1.29 is 9.53 Å². The molecule has 2 fully saturated rings. The first-order valence-corrected chi connectivity index (χ1v) is 9.02. The van der Waals surface area contributed by atoms with Crippen LogP contribution in [0.15, 0.2) is 0 Å². The summed E-state index contributed by atoms with van der Waals surface area (Å²) in [5.41, 5.74) is 5.03. The number of carbonyl (C=O) groups is 1. The summed E-state index contributed by atoms with van der Waals surface area (Å²) in [6, 6.07) is 0.515. The maximum atomic E-state index is 11.6. The molecule has 1 aliphatic carbocycles. The molecular weight excluding hydrogens is 272 g/mol. The van der Waals surface area contributed by atoms with Crippen molar-refractivity contribution in [2.75, 3.05) is 18.1 Å². The molecule has 0 aromatic carbocycles. The molecule has 1 aliphatic heterocycles. The molecule has 5 heteroatoms. The van der Waals surface area contributed by atoms with Crippen LogP contribution in [-0.4, -0.2) is 41.7 Å². The molecule has 116 valence electrons. The number of ether oxygens (including phenoxy) is 1. The number of primary amides is 1. The van der Waals surface area contributed by atoms with Gasteiger partial charge >= 0.3 is 0 Å². The minimum Gasteiger partial charge on any atom is -0.377 e. The average molecular weight is 300 g/mol. The standard InChI is InChI=1S/C15H28N2O2S/c1-15(14(16)18,17-12-6-7-12)8-2-3-10-20-11-13-5-4-9-19-13/h12-13,17H,2-11H2,1H3,(H2,16,18). The van der Waals surface area contributed by atoms with Crippen molar-refractivity contribution in [1.82, 2.24) is 5.32 Å². The molecule has 0 spiro atoms. The number of thioether (sulfide) groups is 1. The van der Waals surface area contributed by atoms with Crippen molar-refractivity contribution in [1.29, 1.82) is 0 Å². The van der Waals surface area contributed by atoms with E-state index in [2.05, 4.69) is 5.32 Å². The monoisotopic (exact) mass is 300 g/mol. The van der Waals surface area contributed by atoms with Gasteiger partial charge in [-0.1, -0.05) is 6.42 Å². The Morgan fingerprint density at radius 1 is 1.40 bits per heavy atom. The van der Waals surface area contributed by atoms with Crippen molar-refractivity contribution in [3.05, 3.63) is 0 Å². The van der Waals surface area contributed by atoms with Crippen LogP contribution in [0.1, 0.15) is 51.9 Å². The molecule has 1 amide bonds. The zero-order valence-electron chi connectivity index (χ0n) is 12.5.